The zero-order valence-electron chi connectivity index (χ0n) is 8.90. The van der Waals surface area contributed by atoms with Crippen LogP contribution in [0.25, 0.3) is 0 Å². The highest BCUT2D eigenvalue weighted by Gasteiger charge is 2.22. The molecule has 0 fully saturated rings. The molecule has 1 aliphatic heterocycles. The van der Waals surface area contributed by atoms with E-state index in [2.05, 4.69) is 34.8 Å². The van der Waals surface area contributed by atoms with Crippen LogP contribution in [0.4, 0.5) is 0 Å². The fraction of sp³-hybridized carbons (Fsp3) is 0.417. The molecular formula is C12H14BrNO. The number of nitrogens with zero attached hydrogens (tertiary/aromatic N) is 1. The van der Waals surface area contributed by atoms with Gasteiger partial charge in [0.05, 0.1) is 6.04 Å². The molecule has 0 bridgehead atoms. The molecule has 1 aromatic rings. The van der Waals surface area contributed by atoms with Crippen LogP contribution in [-0.4, -0.2) is 18.5 Å². The molecule has 0 radical (unpaired) electrons. The van der Waals surface area contributed by atoms with Gasteiger partial charge in [0.1, 0.15) is 6.61 Å². The molecule has 80 valence electrons. The van der Waals surface area contributed by atoms with Gasteiger partial charge in [-0.2, -0.15) is 0 Å². The maximum absolute atomic E-state index is 5.60. The molecular weight excluding hydrogens is 254 g/mol. The lowest BCUT2D eigenvalue weighted by atomic mass is 10.1. The second-order valence-corrected chi connectivity index (χ2v) is 4.98. The number of hydrogen-bond donors (Lipinski definition) is 0. The average Bonchev–Trinajstić information content (AvgIpc) is 2.66. The molecule has 1 unspecified atom stereocenters. The van der Waals surface area contributed by atoms with E-state index in [1.807, 2.05) is 24.3 Å². The van der Waals surface area contributed by atoms with Crippen molar-refractivity contribution in [3.63, 3.8) is 0 Å². The van der Waals surface area contributed by atoms with Crippen molar-refractivity contribution in [1.29, 1.82) is 0 Å². The summed E-state index contributed by atoms with van der Waals surface area (Å²) in [5.74, 6) is 1.31. The van der Waals surface area contributed by atoms with Crippen molar-refractivity contribution < 1.29 is 4.74 Å². The molecule has 1 aromatic carbocycles. The first-order valence-corrected chi connectivity index (χ1v) is 5.92. The van der Waals surface area contributed by atoms with E-state index >= 15 is 0 Å². The summed E-state index contributed by atoms with van der Waals surface area (Å²) in [6, 6.07) is 8.35. The van der Waals surface area contributed by atoms with Crippen LogP contribution >= 0.6 is 15.9 Å². The summed E-state index contributed by atoms with van der Waals surface area (Å²) in [5, 5.41) is 0. The first-order valence-electron chi connectivity index (χ1n) is 5.13. The van der Waals surface area contributed by atoms with Gasteiger partial charge in [-0.15, -0.1) is 0 Å². The predicted octanol–water partition coefficient (Wildman–Crippen LogP) is 3.25. The van der Waals surface area contributed by atoms with Crippen LogP contribution in [-0.2, 0) is 4.74 Å². The Bertz CT molecular complexity index is 387. The Kier molecular flexibility index (Phi) is 3.10. The molecule has 1 heterocycles. The number of rotatable bonds is 2. The lowest BCUT2D eigenvalue weighted by molar-refractivity contribution is 0.292. The summed E-state index contributed by atoms with van der Waals surface area (Å²) in [5.41, 5.74) is 1.05. The van der Waals surface area contributed by atoms with E-state index in [1.165, 1.54) is 0 Å². The van der Waals surface area contributed by atoms with Crippen molar-refractivity contribution in [2.75, 3.05) is 6.61 Å². The third-order valence-corrected chi connectivity index (χ3v) is 3.01. The number of ether oxygens (including phenoxy) is 1. The molecule has 0 aromatic heterocycles. The van der Waals surface area contributed by atoms with Gasteiger partial charge in [-0.05, 0) is 24.1 Å². The SMILES string of the molecule is CC(C)C1COC(c2cccc(Br)c2)=N1. The van der Waals surface area contributed by atoms with E-state index in [0.29, 0.717) is 18.6 Å². The van der Waals surface area contributed by atoms with Gasteiger partial charge in [-0.3, -0.25) is 0 Å². The van der Waals surface area contributed by atoms with Crippen molar-refractivity contribution >= 4 is 21.8 Å². The number of benzene rings is 1. The molecule has 15 heavy (non-hydrogen) atoms. The van der Waals surface area contributed by atoms with Gasteiger partial charge in [0.2, 0.25) is 5.90 Å². The van der Waals surface area contributed by atoms with Crippen LogP contribution in [0.15, 0.2) is 33.7 Å². The van der Waals surface area contributed by atoms with Gasteiger partial charge in [-0.25, -0.2) is 4.99 Å². The summed E-state index contributed by atoms with van der Waals surface area (Å²) >= 11 is 3.44. The van der Waals surface area contributed by atoms with Gasteiger partial charge in [-0.1, -0.05) is 35.8 Å². The standard InChI is InChI=1S/C12H14BrNO/c1-8(2)11-7-15-12(14-11)9-4-3-5-10(13)6-9/h3-6,8,11H,7H2,1-2H3. The van der Waals surface area contributed by atoms with E-state index < -0.39 is 0 Å². The Morgan fingerprint density at radius 3 is 2.87 bits per heavy atom. The normalized spacial score (nSPS) is 20.3. The lowest BCUT2D eigenvalue weighted by Crippen LogP contribution is -2.13. The minimum absolute atomic E-state index is 0.305. The van der Waals surface area contributed by atoms with Crippen molar-refractivity contribution in [3.05, 3.63) is 34.3 Å². The van der Waals surface area contributed by atoms with Crippen molar-refractivity contribution in [3.8, 4) is 0 Å². The van der Waals surface area contributed by atoms with E-state index in [0.717, 1.165) is 15.9 Å². The Balaban J connectivity index is 2.22. The van der Waals surface area contributed by atoms with Crippen LogP contribution < -0.4 is 0 Å². The summed E-state index contributed by atoms with van der Waals surface area (Å²) < 4.78 is 6.65. The van der Waals surface area contributed by atoms with E-state index in [9.17, 15) is 0 Å². The largest absolute Gasteiger partial charge is 0.475 e. The number of aliphatic imine (C=N–C) groups is 1. The minimum atomic E-state index is 0.305. The van der Waals surface area contributed by atoms with Gasteiger partial charge in [0.25, 0.3) is 0 Å². The highest BCUT2D eigenvalue weighted by Crippen LogP contribution is 2.19. The molecule has 1 aliphatic rings. The molecule has 0 N–H and O–H groups in total. The zero-order valence-corrected chi connectivity index (χ0v) is 10.5. The Labute approximate surface area is 98.5 Å². The predicted molar refractivity (Wildman–Crippen MR) is 65.3 cm³/mol. The first kappa shape index (κ1) is 10.7. The fourth-order valence-corrected chi connectivity index (χ4v) is 1.91. The van der Waals surface area contributed by atoms with Crippen LogP contribution in [0.1, 0.15) is 19.4 Å². The second-order valence-electron chi connectivity index (χ2n) is 4.07. The molecule has 1 atom stereocenters. The Morgan fingerprint density at radius 2 is 2.27 bits per heavy atom. The lowest BCUT2D eigenvalue weighted by Gasteiger charge is -2.06. The average molecular weight is 268 g/mol. The minimum Gasteiger partial charge on any atom is -0.475 e. The smallest absolute Gasteiger partial charge is 0.216 e. The first-order chi connectivity index (χ1) is 7.16. The monoisotopic (exact) mass is 267 g/mol. The van der Waals surface area contributed by atoms with Crippen LogP contribution in [0.5, 0.6) is 0 Å². The number of hydrogen-bond acceptors (Lipinski definition) is 2. The summed E-state index contributed by atoms with van der Waals surface area (Å²) in [6.07, 6.45) is 0. The maximum Gasteiger partial charge on any atom is 0.216 e. The number of halogens is 1. The van der Waals surface area contributed by atoms with Crippen molar-refractivity contribution in [2.24, 2.45) is 10.9 Å². The zero-order chi connectivity index (χ0) is 10.8. The van der Waals surface area contributed by atoms with Crippen molar-refractivity contribution in [2.45, 2.75) is 19.9 Å². The third kappa shape index (κ3) is 2.40. The molecule has 2 nitrogen and oxygen atoms in total. The molecule has 3 heteroatoms. The second kappa shape index (κ2) is 4.35. The Morgan fingerprint density at radius 1 is 1.47 bits per heavy atom. The van der Waals surface area contributed by atoms with Crippen LogP contribution in [0.2, 0.25) is 0 Å². The summed E-state index contributed by atoms with van der Waals surface area (Å²) in [7, 11) is 0. The van der Waals surface area contributed by atoms with E-state index in [1.54, 1.807) is 0 Å². The molecule has 0 spiro atoms. The van der Waals surface area contributed by atoms with Crippen molar-refractivity contribution in [1.82, 2.24) is 0 Å². The molecule has 0 saturated heterocycles. The van der Waals surface area contributed by atoms with Crippen LogP contribution in [0.3, 0.4) is 0 Å². The summed E-state index contributed by atoms with van der Waals surface area (Å²) in [4.78, 5) is 4.57. The van der Waals surface area contributed by atoms with Crippen LogP contribution in [0, 0.1) is 5.92 Å². The highest BCUT2D eigenvalue weighted by atomic mass is 79.9. The molecule has 0 saturated carbocycles. The van der Waals surface area contributed by atoms with E-state index in [4.69, 9.17) is 4.74 Å². The molecule has 0 amide bonds. The quantitative estimate of drug-likeness (QED) is 0.806. The Hall–Kier alpha value is -0.830. The topological polar surface area (TPSA) is 21.6 Å². The maximum atomic E-state index is 5.60. The fourth-order valence-electron chi connectivity index (χ4n) is 1.51. The van der Waals surface area contributed by atoms with Gasteiger partial charge < -0.3 is 4.74 Å². The molecule has 0 aliphatic carbocycles. The molecule has 2 rings (SSSR count). The van der Waals surface area contributed by atoms with Gasteiger partial charge in [0, 0.05) is 10.0 Å². The highest BCUT2D eigenvalue weighted by molar-refractivity contribution is 9.10. The summed E-state index contributed by atoms with van der Waals surface area (Å²) in [6.45, 7) is 5.04. The van der Waals surface area contributed by atoms with Gasteiger partial charge in [0.15, 0.2) is 0 Å². The van der Waals surface area contributed by atoms with E-state index in [-0.39, 0.29) is 0 Å². The van der Waals surface area contributed by atoms with Gasteiger partial charge >= 0.3 is 0 Å². The third-order valence-electron chi connectivity index (χ3n) is 2.52.